The van der Waals surface area contributed by atoms with Crippen molar-refractivity contribution in [1.82, 2.24) is 0 Å². The van der Waals surface area contributed by atoms with Gasteiger partial charge in [-0.15, -0.1) is 0 Å². The highest BCUT2D eigenvalue weighted by Gasteiger charge is 2.22. The number of benzene rings is 2. The molecule has 2 aromatic rings. The van der Waals surface area contributed by atoms with Crippen molar-refractivity contribution in [3.05, 3.63) is 56.6 Å². The Hall–Kier alpha value is -2.22. The van der Waals surface area contributed by atoms with Crippen molar-refractivity contribution in [2.24, 2.45) is 0 Å². The molecule has 2 aromatic carbocycles. The first-order valence-electron chi connectivity index (χ1n) is 5.25. The SMILES string of the molecule is Nc1cc(Br)cc(Oc2ccc(F)cc2F)c1[N+](=O)[O-]. The molecule has 0 unspecified atom stereocenters. The first-order valence-corrected chi connectivity index (χ1v) is 6.04. The van der Waals surface area contributed by atoms with Crippen molar-refractivity contribution < 1.29 is 18.4 Å². The van der Waals surface area contributed by atoms with Gasteiger partial charge < -0.3 is 10.5 Å². The summed E-state index contributed by atoms with van der Waals surface area (Å²) < 4.78 is 31.8. The van der Waals surface area contributed by atoms with Crippen molar-refractivity contribution in [1.29, 1.82) is 0 Å². The summed E-state index contributed by atoms with van der Waals surface area (Å²) in [4.78, 5) is 10.2. The van der Waals surface area contributed by atoms with Gasteiger partial charge in [0.2, 0.25) is 5.75 Å². The van der Waals surface area contributed by atoms with Crippen LogP contribution in [0.5, 0.6) is 11.5 Å². The summed E-state index contributed by atoms with van der Waals surface area (Å²) in [6.45, 7) is 0. The summed E-state index contributed by atoms with van der Waals surface area (Å²) >= 11 is 3.10. The summed E-state index contributed by atoms with van der Waals surface area (Å²) in [5.41, 5.74) is 4.91. The van der Waals surface area contributed by atoms with Crippen LogP contribution in [0, 0.1) is 21.7 Å². The van der Waals surface area contributed by atoms with E-state index in [1.165, 1.54) is 12.1 Å². The van der Waals surface area contributed by atoms with E-state index < -0.39 is 22.2 Å². The zero-order valence-electron chi connectivity index (χ0n) is 9.77. The predicted molar refractivity (Wildman–Crippen MR) is 71.6 cm³/mol. The number of nitrogens with zero attached hydrogens (tertiary/aromatic N) is 1. The average Bonchev–Trinajstić information content (AvgIpc) is 2.31. The van der Waals surface area contributed by atoms with Crippen LogP contribution in [-0.4, -0.2) is 4.92 Å². The first-order chi connectivity index (χ1) is 9.38. The van der Waals surface area contributed by atoms with E-state index in [0.717, 1.165) is 12.1 Å². The fourth-order valence-corrected chi connectivity index (χ4v) is 2.00. The molecule has 0 heterocycles. The third-order valence-corrected chi connectivity index (χ3v) is 2.82. The number of hydrogen-bond donors (Lipinski definition) is 1. The maximum atomic E-state index is 13.5. The fourth-order valence-electron chi connectivity index (χ4n) is 1.54. The standard InChI is InChI=1S/C12H7BrF2N2O3/c13-6-3-9(16)12(17(18)19)11(4-6)20-10-2-1-7(14)5-8(10)15/h1-5H,16H2. The van der Waals surface area contributed by atoms with Crippen LogP contribution in [0.4, 0.5) is 20.2 Å². The second-order valence-electron chi connectivity index (χ2n) is 3.78. The van der Waals surface area contributed by atoms with Gasteiger partial charge in [-0.2, -0.15) is 0 Å². The van der Waals surface area contributed by atoms with Gasteiger partial charge in [0.25, 0.3) is 0 Å². The molecular weight excluding hydrogens is 338 g/mol. The van der Waals surface area contributed by atoms with Crippen molar-refractivity contribution in [2.45, 2.75) is 0 Å². The van der Waals surface area contributed by atoms with Crippen LogP contribution in [-0.2, 0) is 0 Å². The summed E-state index contributed by atoms with van der Waals surface area (Å²) in [5.74, 6) is -2.34. The van der Waals surface area contributed by atoms with Crippen molar-refractivity contribution in [2.75, 3.05) is 5.73 Å². The molecule has 5 nitrogen and oxygen atoms in total. The number of nitro groups is 1. The Morgan fingerprint density at radius 2 is 1.90 bits per heavy atom. The number of ether oxygens (including phenoxy) is 1. The van der Waals surface area contributed by atoms with Gasteiger partial charge in [-0.3, -0.25) is 10.1 Å². The number of rotatable bonds is 3. The normalized spacial score (nSPS) is 10.3. The largest absolute Gasteiger partial charge is 0.447 e. The van der Waals surface area contributed by atoms with Crippen LogP contribution in [0.1, 0.15) is 0 Å². The monoisotopic (exact) mass is 344 g/mol. The molecule has 8 heteroatoms. The Morgan fingerprint density at radius 1 is 1.20 bits per heavy atom. The van der Waals surface area contributed by atoms with Crippen LogP contribution in [0.25, 0.3) is 0 Å². The van der Waals surface area contributed by atoms with E-state index in [-0.39, 0.29) is 17.2 Å². The van der Waals surface area contributed by atoms with Crippen LogP contribution in [0.2, 0.25) is 0 Å². The molecule has 0 spiro atoms. The minimum absolute atomic E-state index is 0.137. The zero-order valence-corrected chi connectivity index (χ0v) is 11.4. The quantitative estimate of drug-likeness (QED) is 0.518. The van der Waals surface area contributed by atoms with E-state index in [4.69, 9.17) is 10.5 Å². The topological polar surface area (TPSA) is 78.4 Å². The molecule has 20 heavy (non-hydrogen) atoms. The van der Waals surface area contributed by atoms with Gasteiger partial charge in [0.05, 0.1) is 4.92 Å². The minimum Gasteiger partial charge on any atom is -0.447 e. The van der Waals surface area contributed by atoms with E-state index in [1.54, 1.807) is 0 Å². The Morgan fingerprint density at radius 3 is 2.50 bits per heavy atom. The number of hydrogen-bond acceptors (Lipinski definition) is 4. The van der Waals surface area contributed by atoms with Crippen LogP contribution < -0.4 is 10.5 Å². The molecule has 0 aromatic heterocycles. The summed E-state index contributed by atoms with van der Waals surface area (Å²) in [5, 5.41) is 11.0. The molecule has 0 aliphatic rings. The highest BCUT2D eigenvalue weighted by molar-refractivity contribution is 9.10. The third-order valence-electron chi connectivity index (χ3n) is 2.37. The minimum atomic E-state index is -0.974. The van der Waals surface area contributed by atoms with Crippen LogP contribution in [0.15, 0.2) is 34.8 Å². The van der Waals surface area contributed by atoms with Gasteiger partial charge in [0, 0.05) is 16.6 Å². The third kappa shape index (κ3) is 2.85. The molecule has 2 N–H and O–H groups in total. The Balaban J connectivity index is 2.50. The molecule has 0 saturated heterocycles. The molecular formula is C12H7BrF2N2O3. The molecule has 2 rings (SSSR count). The average molecular weight is 345 g/mol. The molecule has 0 saturated carbocycles. The maximum absolute atomic E-state index is 13.5. The van der Waals surface area contributed by atoms with Gasteiger partial charge >= 0.3 is 5.69 Å². The molecule has 0 fully saturated rings. The fraction of sp³-hybridized carbons (Fsp3) is 0. The summed E-state index contributed by atoms with van der Waals surface area (Å²) in [6.07, 6.45) is 0. The molecule has 0 aliphatic carbocycles. The number of nitrogens with two attached hydrogens (primary N) is 1. The number of anilines is 1. The molecule has 0 atom stereocenters. The number of nitro benzene ring substituents is 1. The van der Waals surface area contributed by atoms with Crippen molar-refractivity contribution in [3.8, 4) is 11.5 Å². The second kappa shape index (κ2) is 5.41. The molecule has 0 bridgehead atoms. The zero-order chi connectivity index (χ0) is 14.9. The van der Waals surface area contributed by atoms with Crippen LogP contribution in [0.3, 0.4) is 0 Å². The van der Waals surface area contributed by atoms with E-state index >= 15 is 0 Å². The lowest BCUT2D eigenvalue weighted by molar-refractivity contribution is -0.384. The first kappa shape index (κ1) is 14.2. The lowest BCUT2D eigenvalue weighted by Crippen LogP contribution is -2.00. The van der Waals surface area contributed by atoms with Gasteiger partial charge in [-0.1, -0.05) is 15.9 Å². The van der Waals surface area contributed by atoms with Gasteiger partial charge in [-0.25, -0.2) is 8.78 Å². The second-order valence-corrected chi connectivity index (χ2v) is 4.69. The van der Waals surface area contributed by atoms with E-state index in [2.05, 4.69) is 15.9 Å². The summed E-state index contributed by atoms with van der Waals surface area (Å²) in [6, 6.07) is 5.23. The van der Waals surface area contributed by atoms with Gasteiger partial charge in [0.1, 0.15) is 11.5 Å². The van der Waals surface area contributed by atoms with E-state index in [0.29, 0.717) is 10.5 Å². The van der Waals surface area contributed by atoms with E-state index in [9.17, 15) is 18.9 Å². The summed E-state index contributed by atoms with van der Waals surface area (Å²) in [7, 11) is 0. The van der Waals surface area contributed by atoms with E-state index in [1.807, 2.05) is 0 Å². The van der Waals surface area contributed by atoms with Crippen molar-refractivity contribution in [3.63, 3.8) is 0 Å². The lowest BCUT2D eigenvalue weighted by Gasteiger charge is -2.09. The maximum Gasteiger partial charge on any atom is 0.334 e. The highest BCUT2D eigenvalue weighted by atomic mass is 79.9. The lowest BCUT2D eigenvalue weighted by atomic mass is 10.2. The Kier molecular flexibility index (Phi) is 3.84. The smallest absolute Gasteiger partial charge is 0.334 e. The van der Waals surface area contributed by atoms with Crippen LogP contribution >= 0.6 is 15.9 Å². The Labute approximate surface area is 120 Å². The molecule has 0 aliphatic heterocycles. The number of halogens is 3. The van der Waals surface area contributed by atoms with Gasteiger partial charge in [-0.05, 0) is 18.2 Å². The molecule has 0 amide bonds. The highest BCUT2D eigenvalue weighted by Crippen LogP contribution is 2.39. The van der Waals surface area contributed by atoms with Gasteiger partial charge in [0.15, 0.2) is 11.6 Å². The van der Waals surface area contributed by atoms with Crippen molar-refractivity contribution >= 4 is 27.3 Å². The molecule has 104 valence electrons. The molecule has 0 radical (unpaired) electrons. The predicted octanol–water partition coefficient (Wildman–Crippen LogP) is 4.01. The number of nitrogen functional groups attached to an aromatic ring is 1. The Bertz CT molecular complexity index is 695.